The Labute approximate surface area is 178 Å². The molecule has 8 heteroatoms. The highest BCUT2D eigenvalue weighted by Crippen LogP contribution is 2.23. The predicted molar refractivity (Wildman–Crippen MR) is 113 cm³/mol. The largest absolute Gasteiger partial charge is 0.334 e. The summed E-state index contributed by atoms with van der Waals surface area (Å²) < 4.78 is 26.0. The van der Waals surface area contributed by atoms with E-state index in [4.69, 9.17) is 0 Å². The molecule has 1 aliphatic rings. The van der Waals surface area contributed by atoms with Gasteiger partial charge in [-0.1, -0.05) is 12.1 Å². The smallest absolute Gasteiger partial charge is 0.317 e. The van der Waals surface area contributed by atoms with Gasteiger partial charge in [0, 0.05) is 43.7 Å². The summed E-state index contributed by atoms with van der Waals surface area (Å²) in [4.78, 5) is 21.1. The summed E-state index contributed by atoms with van der Waals surface area (Å²) >= 11 is 1.59. The Kier molecular flexibility index (Phi) is 6.35. The molecule has 1 aromatic heterocycles. The first kappa shape index (κ1) is 20.4. The number of piperazine rings is 1. The second-order valence-corrected chi connectivity index (χ2v) is 8.12. The van der Waals surface area contributed by atoms with Crippen molar-refractivity contribution in [1.82, 2.24) is 20.1 Å². The zero-order chi connectivity index (χ0) is 20.9. The SMILES string of the molecule is O=C(NCc1ccc(F)cc1)N1CCN(Cc2nc(-c3ccc(F)cc3)cs2)CC1. The molecule has 2 amide bonds. The van der Waals surface area contributed by atoms with Gasteiger partial charge < -0.3 is 10.2 Å². The third kappa shape index (κ3) is 5.20. The van der Waals surface area contributed by atoms with Crippen LogP contribution in [0.3, 0.4) is 0 Å². The molecule has 0 bridgehead atoms. The van der Waals surface area contributed by atoms with E-state index in [-0.39, 0.29) is 17.7 Å². The molecule has 1 saturated heterocycles. The van der Waals surface area contributed by atoms with Gasteiger partial charge in [-0.25, -0.2) is 18.6 Å². The maximum atomic E-state index is 13.1. The van der Waals surface area contributed by atoms with Crippen molar-refractivity contribution in [1.29, 1.82) is 0 Å². The molecule has 1 fully saturated rings. The summed E-state index contributed by atoms with van der Waals surface area (Å²) in [7, 11) is 0. The fourth-order valence-corrected chi connectivity index (χ4v) is 4.17. The van der Waals surface area contributed by atoms with E-state index < -0.39 is 0 Å². The van der Waals surface area contributed by atoms with Crippen LogP contribution in [0.4, 0.5) is 13.6 Å². The molecule has 30 heavy (non-hydrogen) atoms. The molecule has 0 spiro atoms. The van der Waals surface area contributed by atoms with Crippen LogP contribution in [-0.2, 0) is 13.1 Å². The topological polar surface area (TPSA) is 48.5 Å². The zero-order valence-electron chi connectivity index (χ0n) is 16.4. The molecule has 2 heterocycles. The minimum Gasteiger partial charge on any atom is -0.334 e. The van der Waals surface area contributed by atoms with Crippen molar-refractivity contribution in [3.63, 3.8) is 0 Å². The lowest BCUT2D eigenvalue weighted by Gasteiger charge is -2.34. The first-order chi connectivity index (χ1) is 14.6. The van der Waals surface area contributed by atoms with E-state index in [1.165, 1.54) is 24.3 Å². The number of amides is 2. The number of urea groups is 1. The van der Waals surface area contributed by atoms with Gasteiger partial charge in [0.05, 0.1) is 12.2 Å². The molecule has 4 rings (SSSR count). The number of hydrogen-bond donors (Lipinski definition) is 1. The third-order valence-electron chi connectivity index (χ3n) is 5.07. The molecule has 1 N–H and O–H groups in total. The van der Waals surface area contributed by atoms with Gasteiger partial charge in [0.15, 0.2) is 0 Å². The average Bonchev–Trinajstić information content (AvgIpc) is 3.22. The maximum Gasteiger partial charge on any atom is 0.317 e. The normalized spacial score (nSPS) is 14.7. The van der Waals surface area contributed by atoms with Crippen molar-refractivity contribution in [2.24, 2.45) is 0 Å². The summed E-state index contributed by atoms with van der Waals surface area (Å²) in [5.41, 5.74) is 2.62. The second kappa shape index (κ2) is 9.32. The summed E-state index contributed by atoms with van der Waals surface area (Å²) in [5.74, 6) is -0.542. The van der Waals surface area contributed by atoms with E-state index in [1.54, 1.807) is 40.5 Å². The van der Waals surface area contributed by atoms with Gasteiger partial charge in [0.1, 0.15) is 16.6 Å². The fourth-order valence-electron chi connectivity index (χ4n) is 3.33. The number of carbonyl (C=O) groups is 1. The molecular weight excluding hydrogens is 406 g/mol. The Balaban J connectivity index is 1.24. The highest BCUT2D eigenvalue weighted by atomic mass is 32.1. The summed E-state index contributed by atoms with van der Waals surface area (Å²) in [6.45, 7) is 3.95. The van der Waals surface area contributed by atoms with Crippen LogP contribution >= 0.6 is 11.3 Å². The summed E-state index contributed by atoms with van der Waals surface area (Å²) in [5, 5.41) is 5.88. The number of halogens is 2. The van der Waals surface area contributed by atoms with E-state index in [0.717, 1.165) is 41.5 Å². The Bertz CT molecular complexity index is 983. The number of rotatable bonds is 5. The van der Waals surface area contributed by atoms with Crippen molar-refractivity contribution in [3.8, 4) is 11.3 Å². The molecule has 2 aromatic carbocycles. The van der Waals surface area contributed by atoms with Crippen LogP contribution in [0, 0.1) is 11.6 Å². The number of nitrogens with one attached hydrogen (secondary N) is 1. The van der Waals surface area contributed by atoms with E-state index in [9.17, 15) is 13.6 Å². The molecule has 5 nitrogen and oxygen atoms in total. The van der Waals surface area contributed by atoms with Crippen LogP contribution in [0.1, 0.15) is 10.6 Å². The lowest BCUT2D eigenvalue weighted by molar-refractivity contribution is 0.135. The maximum absolute atomic E-state index is 13.1. The molecule has 156 valence electrons. The van der Waals surface area contributed by atoms with Gasteiger partial charge in [0.2, 0.25) is 0 Å². The van der Waals surface area contributed by atoms with E-state index in [0.29, 0.717) is 19.6 Å². The number of thiazole rings is 1. The minimum absolute atomic E-state index is 0.105. The van der Waals surface area contributed by atoms with Crippen LogP contribution in [0.25, 0.3) is 11.3 Å². The first-order valence-electron chi connectivity index (χ1n) is 9.77. The van der Waals surface area contributed by atoms with E-state index >= 15 is 0 Å². The lowest BCUT2D eigenvalue weighted by Crippen LogP contribution is -2.51. The highest BCUT2D eigenvalue weighted by Gasteiger charge is 2.21. The quantitative estimate of drug-likeness (QED) is 0.665. The van der Waals surface area contributed by atoms with Crippen molar-refractivity contribution in [3.05, 3.63) is 76.1 Å². The van der Waals surface area contributed by atoms with Crippen LogP contribution in [0.2, 0.25) is 0 Å². The summed E-state index contributed by atoms with van der Waals surface area (Å²) in [6, 6.07) is 12.4. The Hall–Kier alpha value is -2.84. The Morgan fingerprint density at radius 3 is 2.27 bits per heavy atom. The Morgan fingerprint density at radius 2 is 1.60 bits per heavy atom. The molecule has 1 aliphatic heterocycles. The molecule has 0 atom stereocenters. The van der Waals surface area contributed by atoms with Crippen LogP contribution in [0.15, 0.2) is 53.9 Å². The molecule has 0 aliphatic carbocycles. The predicted octanol–water partition coefficient (Wildman–Crippen LogP) is 4.12. The van der Waals surface area contributed by atoms with Gasteiger partial charge in [-0.05, 0) is 42.0 Å². The number of nitrogens with zero attached hydrogens (tertiary/aromatic N) is 3. The number of carbonyl (C=O) groups excluding carboxylic acids is 1. The van der Waals surface area contributed by atoms with Gasteiger partial charge in [0.25, 0.3) is 0 Å². The molecule has 0 radical (unpaired) electrons. The van der Waals surface area contributed by atoms with Crippen molar-refractivity contribution >= 4 is 17.4 Å². The highest BCUT2D eigenvalue weighted by molar-refractivity contribution is 7.09. The summed E-state index contributed by atoms with van der Waals surface area (Å²) in [6.07, 6.45) is 0. The van der Waals surface area contributed by atoms with Gasteiger partial charge in [-0.3, -0.25) is 4.90 Å². The monoisotopic (exact) mass is 428 g/mol. The van der Waals surface area contributed by atoms with Crippen LogP contribution in [-0.4, -0.2) is 47.0 Å². The van der Waals surface area contributed by atoms with Gasteiger partial charge >= 0.3 is 6.03 Å². The van der Waals surface area contributed by atoms with Gasteiger partial charge in [-0.2, -0.15) is 0 Å². The molecule has 3 aromatic rings. The van der Waals surface area contributed by atoms with Crippen LogP contribution < -0.4 is 5.32 Å². The third-order valence-corrected chi connectivity index (χ3v) is 5.90. The van der Waals surface area contributed by atoms with E-state index in [2.05, 4.69) is 15.2 Å². The molecular formula is C22H22F2N4OS. The number of benzene rings is 2. The van der Waals surface area contributed by atoms with Crippen molar-refractivity contribution < 1.29 is 13.6 Å². The van der Waals surface area contributed by atoms with E-state index in [1.807, 2.05) is 5.38 Å². The number of aromatic nitrogens is 1. The van der Waals surface area contributed by atoms with Gasteiger partial charge in [-0.15, -0.1) is 11.3 Å². The molecule has 0 saturated carbocycles. The minimum atomic E-state index is -0.286. The van der Waals surface area contributed by atoms with Crippen molar-refractivity contribution in [2.45, 2.75) is 13.1 Å². The average molecular weight is 429 g/mol. The van der Waals surface area contributed by atoms with Crippen LogP contribution in [0.5, 0.6) is 0 Å². The zero-order valence-corrected chi connectivity index (χ0v) is 17.2. The standard InChI is InChI=1S/C22H22F2N4OS/c23-18-5-1-16(2-6-18)13-25-22(29)28-11-9-27(10-12-28)14-21-26-20(15-30-21)17-3-7-19(24)8-4-17/h1-8,15H,9-14H2,(H,25,29). The van der Waals surface area contributed by atoms with Crippen molar-refractivity contribution in [2.75, 3.05) is 26.2 Å². The fraction of sp³-hybridized carbons (Fsp3) is 0.273. The number of hydrogen-bond acceptors (Lipinski definition) is 4. The molecule has 0 unspecified atom stereocenters. The second-order valence-electron chi connectivity index (χ2n) is 7.18. The first-order valence-corrected chi connectivity index (χ1v) is 10.6. The lowest BCUT2D eigenvalue weighted by atomic mass is 10.2. The Morgan fingerprint density at radius 1 is 0.967 bits per heavy atom.